The summed E-state index contributed by atoms with van der Waals surface area (Å²) in [7, 11) is 0. The molecule has 24 heavy (non-hydrogen) atoms. The van der Waals surface area contributed by atoms with Gasteiger partial charge in [0.25, 0.3) is 0 Å². The van der Waals surface area contributed by atoms with Crippen molar-refractivity contribution in [1.29, 1.82) is 0 Å². The predicted molar refractivity (Wildman–Crippen MR) is 98.6 cm³/mol. The van der Waals surface area contributed by atoms with E-state index in [0.29, 0.717) is 5.56 Å². The Morgan fingerprint density at radius 3 is 1.92 bits per heavy atom. The lowest BCUT2D eigenvalue weighted by Gasteiger charge is -2.08. The fourth-order valence-electron chi connectivity index (χ4n) is 3.65. The van der Waals surface area contributed by atoms with Gasteiger partial charge in [-0.15, -0.1) is 0 Å². The van der Waals surface area contributed by atoms with E-state index in [4.69, 9.17) is 0 Å². The Balaban J connectivity index is 1.64. The van der Waals surface area contributed by atoms with Crippen LogP contribution < -0.4 is 0 Å². The van der Waals surface area contributed by atoms with Gasteiger partial charge in [0.2, 0.25) is 0 Å². The van der Waals surface area contributed by atoms with Gasteiger partial charge in [-0.25, -0.2) is 4.39 Å². The van der Waals surface area contributed by atoms with Crippen LogP contribution in [0.5, 0.6) is 0 Å². The van der Waals surface area contributed by atoms with E-state index in [-0.39, 0.29) is 5.82 Å². The van der Waals surface area contributed by atoms with Crippen molar-refractivity contribution in [2.45, 2.75) is 26.7 Å². The summed E-state index contributed by atoms with van der Waals surface area (Å²) in [6, 6.07) is 20.7. The fourth-order valence-corrected chi connectivity index (χ4v) is 3.65. The molecule has 0 nitrogen and oxygen atoms in total. The monoisotopic (exact) mass is 316 g/mol. The van der Waals surface area contributed by atoms with E-state index in [9.17, 15) is 4.39 Å². The molecule has 0 bridgehead atoms. The van der Waals surface area contributed by atoms with E-state index in [1.54, 1.807) is 13.0 Å². The molecule has 0 aromatic heterocycles. The highest BCUT2D eigenvalue weighted by Gasteiger charge is 2.17. The Morgan fingerprint density at radius 1 is 0.708 bits per heavy atom. The molecule has 0 fully saturated rings. The zero-order valence-corrected chi connectivity index (χ0v) is 14.1. The molecule has 1 heteroatoms. The van der Waals surface area contributed by atoms with Crippen molar-refractivity contribution in [2.24, 2.45) is 5.92 Å². The second kappa shape index (κ2) is 5.90. The van der Waals surface area contributed by atoms with Gasteiger partial charge in [0.05, 0.1) is 0 Å². The molecule has 0 saturated heterocycles. The summed E-state index contributed by atoms with van der Waals surface area (Å²) in [6.45, 7) is 4.10. The molecule has 0 N–H and O–H groups in total. The minimum absolute atomic E-state index is 0.149. The van der Waals surface area contributed by atoms with E-state index < -0.39 is 0 Å². The summed E-state index contributed by atoms with van der Waals surface area (Å²) >= 11 is 0. The highest BCUT2D eigenvalue weighted by atomic mass is 19.1. The molecular formula is C23H21F. The van der Waals surface area contributed by atoms with Gasteiger partial charge in [-0.05, 0) is 70.7 Å². The van der Waals surface area contributed by atoms with Gasteiger partial charge in [0.15, 0.2) is 0 Å². The van der Waals surface area contributed by atoms with Crippen molar-refractivity contribution in [3.63, 3.8) is 0 Å². The summed E-state index contributed by atoms with van der Waals surface area (Å²) in [5, 5.41) is 0. The normalized spacial score (nSPS) is 16.2. The molecule has 0 saturated carbocycles. The molecule has 1 atom stereocenters. The number of aryl methyl sites for hydroxylation is 1. The zero-order chi connectivity index (χ0) is 16.7. The third-order valence-corrected chi connectivity index (χ3v) is 5.07. The van der Waals surface area contributed by atoms with Crippen molar-refractivity contribution in [3.05, 3.63) is 83.2 Å². The highest BCUT2D eigenvalue weighted by molar-refractivity contribution is 5.71. The summed E-state index contributed by atoms with van der Waals surface area (Å²) in [5.41, 5.74) is 8.13. The first-order valence-electron chi connectivity index (χ1n) is 8.59. The maximum Gasteiger partial charge on any atom is 0.126 e. The molecule has 1 aliphatic carbocycles. The summed E-state index contributed by atoms with van der Waals surface area (Å²) in [5.74, 6) is 0.610. The van der Waals surface area contributed by atoms with Crippen LogP contribution in [0.25, 0.3) is 22.3 Å². The molecule has 0 heterocycles. The molecular weight excluding hydrogens is 295 g/mol. The van der Waals surface area contributed by atoms with Crippen molar-refractivity contribution in [2.75, 3.05) is 0 Å². The number of fused-ring (bicyclic) bond motifs is 1. The van der Waals surface area contributed by atoms with Gasteiger partial charge in [-0.2, -0.15) is 0 Å². The van der Waals surface area contributed by atoms with Gasteiger partial charge in [0, 0.05) is 0 Å². The average Bonchev–Trinajstić information content (AvgIpc) is 2.96. The molecule has 3 aromatic carbocycles. The van der Waals surface area contributed by atoms with E-state index in [2.05, 4.69) is 49.4 Å². The van der Waals surface area contributed by atoms with Crippen LogP contribution in [0.2, 0.25) is 0 Å². The lowest BCUT2D eigenvalue weighted by atomic mass is 9.97. The van der Waals surface area contributed by atoms with E-state index in [1.807, 2.05) is 12.1 Å². The van der Waals surface area contributed by atoms with Gasteiger partial charge in [0.1, 0.15) is 5.82 Å². The topological polar surface area (TPSA) is 0 Å². The lowest BCUT2D eigenvalue weighted by molar-refractivity contribution is 0.619. The van der Waals surface area contributed by atoms with Crippen LogP contribution in [0.15, 0.2) is 60.7 Å². The highest BCUT2D eigenvalue weighted by Crippen LogP contribution is 2.32. The minimum Gasteiger partial charge on any atom is -0.207 e. The first-order chi connectivity index (χ1) is 11.6. The Hall–Kier alpha value is -2.41. The first-order valence-corrected chi connectivity index (χ1v) is 8.59. The maximum absolute atomic E-state index is 13.8. The molecule has 3 aromatic rings. The van der Waals surface area contributed by atoms with Crippen LogP contribution in [0.1, 0.15) is 23.6 Å². The third kappa shape index (κ3) is 2.75. The molecule has 4 rings (SSSR count). The van der Waals surface area contributed by atoms with Gasteiger partial charge in [-0.3, -0.25) is 0 Å². The number of hydrogen-bond donors (Lipinski definition) is 0. The largest absolute Gasteiger partial charge is 0.207 e. The number of halogens is 1. The number of benzene rings is 3. The molecule has 0 aliphatic heterocycles. The van der Waals surface area contributed by atoms with Gasteiger partial charge < -0.3 is 0 Å². The molecule has 1 unspecified atom stereocenters. The summed E-state index contributed by atoms with van der Waals surface area (Å²) < 4.78 is 13.8. The standard InChI is InChI=1S/C23H21F/c1-15-11-19-9-10-20(13-22(19)12-15)17-5-7-18(8-6-17)21-4-3-16(2)23(24)14-21/h3-10,13-15H,11-12H2,1-2H3. The Kier molecular flexibility index (Phi) is 3.72. The zero-order valence-electron chi connectivity index (χ0n) is 14.1. The Labute approximate surface area is 143 Å². The van der Waals surface area contributed by atoms with Crippen LogP contribution in [-0.4, -0.2) is 0 Å². The molecule has 0 spiro atoms. The summed E-state index contributed by atoms with van der Waals surface area (Å²) in [6.07, 6.45) is 2.39. The second-order valence-corrected chi connectivity index (χ2v) is 7.04. The second-order valence-electron chi connectivity index (χ2n) is 7.04. The average molecular weight is 316 g/mol. The SMILES string of the molecule is Cc1ccc(-c2ccc(-c3ccc4c(c3)CC(C)C4)cc2)cc1F. The minimum atomic E-state index is -0.149. The van der Waals surface area contributed by atoms with Crippen molar-refractivity contribution < 1.29 is 4.39 Å². The number of hydrogen-bond acceptors (Lipinski definition) is 0. The van der Waals surface area contributed by atoms with Crippen LogP contribution in [-0.2, 0) is 12.8 Å². The Morgan fingerprint density at radius 2 is 1.25 bits per heavy atom. The van der Waals surface area contributed by atoms with Crippen molar-refractivity contribution in [3.8, 4) is 22.3 Å². The van der Waals surface area contributed by atoms with Gasteiger partial charge in [-0.1, -0.05) is 61.5 Å². The fraction of sp³-hybridized carbons (Fsp3) is 0.217. The van der Waals surface area contributed by atoms with Crippen LogP contribution in [0.3, 0.4) is 0 Å². The Bertz CT molecular complexity index is 890. The van der Waals surface area contributed by atoms with Crippen molar-refractivity contribution in [1.82, 2.24) is 0 Å². The van der Waals surface area contributed by atoms with E-state index >= 15 is 0 Å². The first kappa shape index (κ1) is 15.1. The van der Waals surface area contributed by atoms with Crippen molar-refractivity contribution >= 4 is 0 Å². The molecule has 0 radical (unpaired) electrons. The van der Waals surface area contributed by atoms with Crippen LogP contribution in [0.4, 0.5) is 4.39 Å². The van der Waals surface area contributed by atoms with E-state index in [0.717, 1.165) is 17.0 Å². The van der Waals surface area contributed by atoms with Gasteiger partial charge >= 0.3 is 0 Å². The molecule has 0 amide bonds. The third-order valence-electron chi connectivity index (χ3n) is 5.07. The van der Waals surface area contributed by atoms with Crippen LogP contribution >= 0.6 is 0 Å². The van der Waals surface area contributed by atoms with Crippen LogP contribution in [0, 0.1) is 18.7 Å². The smallest absolute Gasteiger partial charge is 0.126 e. The van der Waals surface area contributed by atoms with E-state index in [1.165, 1.54) is 35.1 Å². The summed E-state index contributed by atoms with van der Waals surface area (Å²) in [4.78, 5) is 0. The maximum atomic E-state index is 13.8. The lowest BCUT2D eigenvalue weighted by Crippen LogP contribution is -1.89. The quantitative estimate of drug-likeness (QED) is 0.528. The predicted octanol–water partition coefficient (Wildman–Crippen LogP) is 6.20. The molecule has 1 aliphatic rings. The molecule has 120 valence electrons. The number of rotatable bonds is 2.